The second-order valence-electron chi connectivity index (χ2n) is 5.45. The summed E-state index contributed by atoms with van der Waals surface area (Å²) in [6, 6.07) is 5.10. The Hall–Kier alpha value is -1.02. The van der Waals surface area contributed by atoms with E-state index in [0.29, 0.717) is 6.04 Å². The summed E-state index contributed by atoms with van der Waals surface area (Å²) >= 11 is 0. The van der Waals surface area contributed by atoms with Gasteiger partial charge in [0.1, 0.15) is 5.75 Å². The standard InChI is InChI=1S/C16H25NO/c1-12-10-13(2)15(16(11-12)18-3)8-7-14-6-4-5-9-17-14/h10-11,14,17H,4-9H2,1-3H3. The monoisotopic (exact) mass is 247 g/mol. The maximum absolute atomic E-state index is 5.53. The van der Waals surface area contributed by atoms with E-state index in [2.05, 4.69) is 31.3 Å². The highest BCUT2D eigenvalue weighted by Crippen LogP contribution is 2.26. The van der Waals surface area contributed by atoms with Gasteiger partial charge >= 0.3 is 0 Å². The summed E-state index contributed by atoms with van der Waals surface area (Å²) in [7, 11) is 1.77. The average molecular weight is 247 g/mol. The molecule has 1 unspecified atom stereocenters. The van der Waals surface area contributed by atoms with Gasteiger partial charge in [-0.05, 0) is 68.8 Å². The van der Waals surface area contributed by atoms with Crippen molar-refractivity contribution in [2.75, 3.05) is 13.7 Å². The van der Waals surface area contributed by atoms with E-state index >= 15 is 0 Å². The number of hydrogen-bond acceptors (Lipinski definition) is 2. The maximum atomic E-state index is 5.53. The van der Waals surface area contributed by atoms with Crippen LogP contribution in [0.25, 0.3) is 0 Å². The number of piperidine rings is 1. The molecule has 0 amide bonds. The third-order valence-corrected chi connectivity index (χ3v) is 3.95. The summed E-state index contributed by atoms with van der Waals surface area (Å²) in [4.78, 5) is 0. The third-order valence-electron chi connectivity index (χ3n) is 3.95. The predicted octanol–water partition coefficient (Wildman–Crippen LogP) is 3.39. The van der Waals surface area contributed by atoms with Crippen molar-refractivity contribution in [1.29, 1.82) is 0 Å². The van der Waals surface area contributed by atoms with Gasteiger partial charge in [-0.25, -0.2) is 0 Å². The Labute approximate surface area is 111 Å². The predicted molar refractivity (Wildman–Crippen MR) is 76.4 cm³/mol. The van der Waals surface area contributed by atoms with Gasteiger partial charge in [-0.1, -0.05) is 12.5 Å². The summed E-state index contributed by atoms with van der Waals surface area (Å²) in [6.45, 7) is 5.51. The fourth-order valence-corrected chi connectivity index (χ4v) is 2.95. The minimum absolute atomic E-state index is 0.698. The van der Waals surface area contributed by atoms with Crippen molar-refractivity contribution >= 4 is 0 Å². The summed E-state index contributed by atoms with van der Waals surface area (Å²) in [5.41, 5.74) is 4.03. The molecule has 0 aliphatic carbocycles. The topological polar surface area (TPSA) is 21.3 Å². The maximum Gasteiger partial charge on any atom is 0.122 e. The molecule has 1 saturated heterocycles. The summed E-state index contributed by atoms with van der Waals surface area (Å²) in [6.07, 6.45) is 6.38. The molecule has 0 aromatic heterocycles. The molecule has 18 heavy (non-hydrogen) atoms. The van der Waals surface area contributed by atoms with Gasteiger partial charge in [-0.3, -0.25) is 0 Å². The lowest BCUT2D eigenvalue weighted by Crippen LogP contribution is -2.34. The molecule has 0 bridgehead atoms. The lowest BCUT2D eigenvalue weighted by Gasteiger charge is -2.24. The fourth-order valence-electron chi connectivity index (χ4n) is 2.95. The minimum Gasteiger partial charge on any atom is -0.496 e. The van der Waals surface area contributed by atoms with Crippen LogP contribution >= 0.6 is 0 Å². The number of benzene rings is 1. The fraction of sp³-hybridized carbons (Fsp3) is 0.625. The van der Waals surface area contributed by atoms with Crippen molar-refractivity contribution in [2.24, 2.45) is 0 Å². The van der Waals surface area contributed by atoms with Crippen molar-refractivity contribution in [3.63, 3.8) is 0 Å². The second-order valence-corrected chi connectivity index (χ2v) is 5.45. The Morgan fingerprint density at radius 3 is 2.78 bits per heavy atom. The SMILES string of the molecule is COc1cc(C)cc(C)c1CCC1CCCCN1. The molecule has 1 aromatic rings. The van der Waals surface area contributed by atoms with Gasteiger partial charge in [-0.2, -0.15) is 0 Å². The highest BCUT2D eigenvalue weighted by Gasteiger charge is 2.14. The Morgan fingerprint density at radius 2 is 2.11 bits per heavy atom. The van der Waals surface area contributed by atoms with Crippen molar-refractivity contribution in [3.05, 3.63) is 28.8 Å². The van der Waals surface area contributed by atoms with Crippen molar-refractivity contribution < 1.29 is 4.74 Å². The van der Waals surface area contributed by atoms with Crippen LogP contribution in [0.2, 0.25) is 0 Å². The van der Waals surface area contributed by atoms with Crippen LogP contribution in [0.4, 0.5) is 0 Å². The number of rotatable bonds is 4. The van der Waals surface area contributed by atoms with Gasteiger partial charge in [-0.15, -0.1) is 0 Å². The van der Waals surface area contributed by atoms with Crippen molar-refractivity contribution in [1.82, 2.24) is 5.32 Å². The number of ether oxygens (including phenoxy) is 1. The number of nitrogens with one attached hydrogen (secondary N) is 1. The molecule has 2 heteroatoms. The first-order valence-electron chi connectivity index (χ1n) is 7.08. The van der Waals surface area contributed by atoms with Gasteiger partial charge in [0, 0.05) is 6.04 Å². The van der Waals surface area contributed by atoms with Gasteiger partial charge in [0.25, 0.3) is 0 Å². The molecule has 0 radical (unpaired) electrons. The molecule has 1 atom stereocenters. The van der Waals surface area contributed by atoms with Gasteiger partial charge in [0.05, 0.1) is 7.11 Å². The summed E-state index contributed by atoms with van der Waals surface area (Å²) in [5, 5.41) is 3.62. The van der Waals surface area contributed by atoms with E-state index < -0.39 is 0 Å². The van der Waals surface area contributed by atoms with Gasteiger partial charge < -0.3 is 10.1 Å². The van der Waals surface area contributed by atoms with Gasteiger partial charge in [0.2, 0.25) is 0 Å². The summed E-state index contributed by atoms with van der Waals surface area (Å²) < 4.78 is 5.53. The lowest BCUT2D eigenvalue weighted by atomic mass is 9.94. The first kappa shape index (κ1) is 13.4. The second kappa shape index (κ2) is 6.24. The van der Waals surface area contributed by atoms with Crippen LogP contribution in [0.3, 0.4) is 0 Å². The molecule has 2 rings (SSSR count). The Bertz CT molecular complexity index is 394. The molecule has 1 N–H and O–H groups in total. The number of methoxy groups -OCH3 is 1. The van der Waals surface area contributed by atoms with Crippen LogP contribution in [0.1, 0.15) is 42.4 Å². The average Bonchev–Trinajstić information content (AvgIpc) is 2.38. The number of aryl methyl sites for hydroxylation is 2. The van der Waals surface area contributed by atoms with Crippen LogP contribution in [0, 0.1) is 13.8 Å². The smallest absolute Gasteiger partial charge is 0.122 e. The molecular weight excluding hydrogens is 222 g/mol. The van der Waals surface area contributed by atoms with Crippen molar-refractivity contribution in [3.8, 4) is 5.75 Å². The molecular formula is C16H25NO. The molecule has 0 saturated carbocycles. The Kier molecular flexibility index (Phi) is 4.65. The van der Waals surface area contributed by atoms with E-state index in [1.54, 1.807) is 7.11 Å². The Morgan fingerprint density at radius 1 is 1.28 bits per heavy atom. The molecule has 0 spiro atoms. The summed E-state index contributed by atoms with van der Waals surface area (Å²) in [5.74, 6) is 1.06. The van der Waals surface area contributed by atoms with Crippen LogP contribution in [0.15, 0.2) is 12.1 Å². The first-order chi connectivity index (χ1) is 8.70. The Balaban J connectivity index is 2.03. The zero-order valence-corrected chi connectivity index (χ0v) is 11.9. The van der Waals surface area contributed by atoms with Crippen molar-refractivity contribution in [2.45, 2.75) is 52.0 Å². The molecule has 1 aliphatic rings. The molecule has 1 fully saturated rings. The van der Waals surface area contributed by atoms with Crippen LogP contribution in [-0.2, 0) is 6.42 Å². The van der Waals surface area contributed by atoms with Gasteiger partial charge in [0.15, 0.2) is 0 Å². The molecule has 100 valence electrons. The van der Waals surface area contributed by atoms with Crippen LogP contribution < -0.4 is 10.1 Å². The third kappa shape index (κ3) is 3.26. The normalized spacial score (nSPS) is 19.8. The molecule has 1 heterocycles. The molecule has 1 aliphatic heterocycles. The number of hydrogen-bond donors (Lipinski definition) is 1. The zero-order chi connectivity index (χ0) is 13.0. The zero-order valence-electron chi connectivity index (χ0n) is 11.9. The minimum atomic E-state index is 0.698. The van der Waals surface area contributed by atoms with Crippen LogP contribution in [-0.4, -0.2) is 19.7 Å². The highest BCUT2D eigenvalue weighted by atomic mass is 16.5. The van der Waals surface area contributed by atoms with E-state index in [1.165, 1.54) is 48.9 Å². The van der Waals surface area contributed by atoms with E-state index in [4.69, 9.17) is 4.74 Å². The van der Waals surface area contributed by atoms with E-state index in [1.807, 2.05) is 0 Å². The van der Waals surface area contributed by atoms with E-state index in [9.17, 15) is 0 Å². The molecule has 1 aromatic carbocycles. The highest BCUT2D eigenvalue weighted by molar-refractivity contribution is 5.43. The quantitative estimate of drug-likeness (QED) is 0.880. The molecule has 2 nitrogen and oxygen atoms in total. The first-order valence-corrected chi connectivity index (χ1v) is 7.08. The lowest BCUT2D eigenvalue weighted by molar-refractivity contribution is 0.376. The van der Waals surface area contributed by atoms with E-state index in [0.717, 1.165) is 12.2 Å². The van der Waals surface area contributed by atoms with Crippen LogP contribution in [0.5, 0.6) is 5.75 Å². The van der Waals surface area contributed by atoms with E-state index in [-0.39, 0.29) is 0 Å². The largest absolute Gasteiger partial charge is 0.496 e.